The Morgan fingerprint density at radius 3 is 2.12 bits per heavy atom. The molecule has 1 rings (SSSR count). The Kier molecular flexibility index (Phi) is 6.74. The van der Waals surface area contributed by atoms with Crippen LogP contribution in [0.3, 0.4) is 0 Å². The standard InChI is InChI=1S/C11H16N2S.C2H6/c1-7-5-10(13-6-14)11(12-4)9(3)8(7)2;1-2/h5-6,12H,1-4H3,(H,13,14);1-2H3. The van der Waals surface area contributed by atoms with E-state index in [1.54, 1.807) is 0 Å². The predicted molar refractivity (Wildman–Crippen MR) is 78.8 cm³/mol. The molecule has 2 nitrogen and oxygen atoms in total. The van der Waals surface area contributed by atoms with Gasteiger partial charge in [0.05, 0.1) is 16.9 Å². The Morgan fingerprint density at radius 1 is 1.12 bits per heavy atom. The summed E-state index contributed by atoms with van der Waals surface area (Å²) >= 11 is 4.80. The summed E-state index contributed by atoms with van der Waals surface area (Å²) in [7, 11) is 1.92. The minimum atomic E-state index is 1.04. The van der Waals surface area contributed by atoms with Crippen LogP contribution in [0.4, 0.5) is 11.4 Å². The maximum atomic E-state index is 4.80. The second kappa shape index (κ2) is 7.23. The lowest BCUT2D eigenvalue weighted by Gasteiger charge is -2.16. The number of rotatable bonds is 3. The zero-order chi connectivity index (χ0) is 12.7. The molecule has 0 saturated heterocycles. The van der Waals surface area contributed by atoms with Gasteiger partial charge in [0.2, 0.25) is 0 Å². The summed E-state index contributed by atoms with van der Waals surface area (Å²) in [5.41, 5.74) is 7.57. The number of aryl methyl sites for hydroxylation is 1. The monoisotopic (exact) mass is 238 g/mol. The van der Waals surface area contributed by atoms with Crippen molar-refractivity contribution in [2.75, 3.05) is 17.7 Å². The fourth-order valence-electron chi connectivity index (χ4n) is 1.58. The van der Waals surface area contributed by atoms with Gasteiger partial charge in [-0.25, -0.2) is 0 Å². The summed E-state index contributed by atoms with van der Waals surface area (Å²) in [6.45, 7) is 10.4. The first-order valence-electron chi connectivity index (χ1n) is 5.60. The number of thiocarbonyl (C=S) groups is 1. The zero-order valence-electron chi connectivity index (χ0n) is 11.1. The number of benzene rings is 1. The summed E-state index contributed by atoms with van der Waals surface area (Å²) < 4.78 is 0. The molecule has 0 radical (unpaired) electrons. The molecular formula is C13H22N2S. The third-order valence-corrected chi connectivity index (χ3v) is 2.74. The largest absolute Gasteiger partial charge is 0.386 e. The third kappa shape index (κ3) is 3.20. The van der Waals surface area contributed by atoms with Crippen molar-refractivity contribution in [2.45, 2.75) is 34.6 Å². The third-order valence-electron chi connectivity index (χ3n) is 2.62. The van der Waals surface area contributed by atoms with Gasteiger partial charge in [0.25, 0.3) is 0 Å². The van der Waals surface area contributed by atoms with E-state index in [0.29, 0.717) is 0 Å². The highest BCUT2D eigenvalue weighted by Crippen LogP contribution is 2.30. The van der Waals surface area contributed by atoms with E-state index in [0.717, 1.165) is 11.4 Å². The van der Waals surface area contributed by atoms with E-state index in [4.69, 9.17) is 12.2 Å². The molecule has 0 aliphatic heterocycles. The smallest absolute Gasteiger partial charge is 0.0659 e. The maximum absolute atomic E-state index is 4.80. The molecule has 2 N–H and O–H groups in total. The Morgan fingerprint density at radius 2 is 1.69 bits per heavy atom. The highest BCUT2D eigenvalue weighted by Gasteiger charge is 2.08. The molecule has 0 atom stereocenters. The molecule has 0 aliphatic carbocycles. The van der Waals surface area contributed by atoms with Crippen molar-refractivity contribution in [3.05, 3.63) is 22.8 Å². The van der Waals surface area contributed by atoms with Crippen molar-refractivity contribution >= 4 is 29.1 Å². The fraction of sp³-hybridized carbons (Fsp3) is 0.462. The van der Waals surface area contributed by atoms with Crippen LogP contribution in [0.25, 0.3) is 0 Å². The predicted octanol–water partition coefficient (Wildman–Crippen LogP) is 4.05. The quantitative estimate of drug-likeness (QED) is 0.777. The van der Waals surface area contributed by atoms with Crippen LogP contribution in [0.1, 0.15) is 30.5 Å². The van der Waals surface area contributed by atoms with Gasteiger partial charge in [-0.15, -0.1) is 0 Å². The van der Waals surface area contributed by atoms with Crippen LogP contribution in [0, 0.1) is 20.8 Å². The number of hydrogen-bond donors (Lipinski definition) is 2. The lowest BCUT2D eigenvalue weighted by Crippen LogP contribution is -2.03. The molecule has 0 bridgehead atoms. The number of nitrogens with one attached hydrogen (secondary N) is 2. The SMILES string of the molecule is CC.CNc1c(NC=S)cc(C)c(C)c1C. The number of hydrogen-bond acceptors (Lipinski definition) is 2. The lowest BCUT2D eigenvalue weighted by molar-refractivity contribution is 1.26. The zero-order valence-corrected chi connectivity index (χ0v) is 11.9. The lowest BCUT2D eigenvalue weighted by atomic mass is 10.0. The summed E-state index contributed by atoms with van der Waals surface area (Å²) in [5, 5.41) is 6.25. The first-order valence-corrected chi connectivity index (χ1v) is 6.07. The van der Waals surface area contributed by atoms with E-state index < -0.39 is 0 Å². The Labute approximate surface area is 104 Å². The molecular weight excluding hydrogens is 216 g/mol. The Hall–Kier alpha value is -1.09. The summed E-state index contributed by atoms with van der Waals surface area (Å²) in [5.74, 6) is 0. The first kappa shape index (κ1) is 14.9. The second-order valence-electron chi connectivity index (χ2n) is 3.38. The van der Waals surface area contributed by atoms with Crippen molar-refractivity contribution in [3.63, 3.8) is 0 Å². The van der Waals surface area contributed by atoms with Crippen molar-refractivity contribution in [3.8, 4) is 0 Å². The summed E-state index contributed by atoms with van der Waals surface area (Å²) in [6.07, 6.45) is 0. The van der Waals surface area contributed by atoms with Crippen molar-refractivity contribution < 1.29 is 0 Å². The average Bonchev–Trinajstić information content (AvgIpc) is 2.30. The normalized spacial score (nSPS) is 8.88. The highest BCUT2D eigenvalue weighted by atomic mass is 32.1. The van der Waals surface area contributed by atoms with E-state index in [9.17, 15) is 0 Å². The molecule has 0 saturated carbocycles. The van der Waals surface area contributed by atoms with Crippen LogP contribution in [0.15, 0.2) is 6.07 Å². The summed E-state index contributed by atoms with van der Waals surface area (Å²) in [4.78, 5) is 0. The van der Waals surface area contributed by atoms with Crippen LogP contribution in [0.2, 0.25) is 0 Å². The van der Waals surface area contributed by atoms with Crippen molar-refractivity contribution in [2.24, 2.45) is 0 Å². The van der Waals surface area contributed by atoms with Gasteiger partial charge in [0.1, 0.15) is 0 Å². The summed E-state index contributed by atoms with van der Waals surface area (Å²) in [6, 6.07) is 2.11. The van der Waals surface area contributed by atoms with Gasteiger partial charge >= 0.3 is 0 Å². The van der Waals surface area contributed by atoms with Gasteiger partial charge < -0.3 is 10.6 Å². The van der Waals surface area contributed by atoms with Crippen LogP contribution in [-0.2, 0) is 0 Å². The van der Waals surface area contributed by atoms with Gasteiger partial charge in [-0.3, -0.25) is 0 Å². The molecule has 16 heavy (non-hydrogen) atoms. The molecule has 0 unspecified atom stereocenters. The van der Waals surface area contributed by atoms with Gasteiger partial charge in [-0.2, -0.15) is 0 Å². The van der Waals surface area contributed by atoms with E-state index >= 15 is 0 Å². The average molecular weight is 238 g/mol. The molecule has 0 aromatic heterocycles. The topological polar surface area (TPSA) is 24.1 Å². The van der Waals surface area contributed by atoms with Crippen LogP contribution in [0.5, 0.6) is 0 Å². The van der Waals surface area contributed by atoms with Gasteiger partial charge in [-0.05, 0) is 43.5 Å². The molecule has 3 heteroatoms. The first-order chi connectivity index (χ1) is 7.61. The van der Waals surface area contributed by atoms with Crippen LogP contribution < -0.4 is 10.6 Å². The minimum absolute atomic E-state index is 1.04. The van der Waals surface area contributed by atoms with Gasteiger partial charge in [0, 0.05) is 7.05 Å². The Balaban J connectivity index is 0.00000106. The minimum Gasteiger partial charge on any atom is -0.386 e. The second-order valence-corrected chi connectivity index (χ2v) is 3.61. The van der Waals surface area contributed by atoms with E-state index in [1.807, 2.05) is 20.9 Å². The molecule has 0 spiro atoms. The molecule has 90 valence electrons. The van der Waals surface area contributed by atoms with Gasteiger partial charge in [0.15, 0.2) is 0 Å². The van der Waals surface area contributed by atoms with E-state index in [1.165, 1.54) is 22.2 Å². The fourth-order valence-corrected chi connectivity index (χ4v) is 1.71. The Bertz CT molecular complexity index is 359. The molecule has 0 heterocycles. The molecule has 0 amide bonds. The maximum Gasteiger partial charge on any atom is 0.0659 e. The molecule has 0 aliphatic rings. The van der Waals surface area contributed by atoms with Gasteiger partial charge in [-0.1, -0.05) is 26.1 Å². The highest BCUT2D eigenvalue weighted by molar-refractivity contribution is 7.79. The molecule has 1 aromatic carbocycles. The van der Waals surface area contributed by atoms with Crippen molar-refractivity contribution in [1.82, 2.24) is 0 Å². The van der Waals surface area contributed by atoms with Crippen LogP contribution >= 0.6 is 12.2 Å². The number of anilines is 2. The molecule has 1 aromatic rings. The molecule has 0 fully saturated rings. The van der Waals surface area contributed by atoms with Crippen LogP contribution in [-0.4, -0.2) is 12.5 Å². The van der Waals surface area contributed by atoms with Crippen molar-refractivity contribution in [1.29, 1.82) is 0 Å². The van der Waals surface area contributed by atoms with E-state index in [2.05, 4.69) is 37.5 Å². The van der Waals surface area contributed by atoms with E-state index in [-0.39, 0.29) is 0 Å².